The average Bonchev–Trinajstić information content (AvgIpc) is 3.56. The molecule has 0 aromatic rings. The fourth-order valence-electron chi connectivity index (χ4n) is 3.10. The van der Waals surface area contributed by atoms with Crippen molar-refractivity contribution in [1.82, 2.24) is 15.1 Å². The molecule has 2 fully saturated rings. The number of nitrogens with one attached hydrogen (secondary N) is 1. The minimum atomic E-state index is -0.639. The van der Waals surface area contributed by atoms with Gasteiger partial charge in [-0.05, 0) is 60.9 Å². The van der Waals surface area contributed by atoms with Crippen LogP contribution in [0.15, 0.2) is 0 Å². The fourth-order valence-corrected chi connectivity index (χ4v) is 3.10. The molecular weight excluding hydrogens is 614 g/mol. The van der Waals surface area contributed by atoms with E-state index >= 15 is 0 Å². The van der Waals surface area contributed by atoms with Crippen LogP contribution in [-0.2, 0) is 43.1 Å². The van der Waals surface area contributed by atoms with Gasteiger partial charge < -0.3 is 47.8 Å². The van der Waals surface area contributed by atoms with Crippen molar-refractivity contribution < 1.29 is 82.2 Å². The number of amides is 2. The Kier molecular flexibility index (Phi) is 30.4. The zero-order chi connectivity index (χ0) is 35.8. The van der Waals surface area contributed by atoms with Gasteiger partial charge in [-0.1, -0.05) is 13.8 Å². The van der Waals surface area contributed by atoms with Crippen LogP contribution in [0.5, 0.6) is 0 Å². The molecule has 2 amide bonds. The maximum atomic E-state index is 11.7. The first kappa shape index (κ1) is 50.5. The van der Waals surface area contributed by atoms with Gasteiger partial charge in [0.2, 0.25) is 5.97 Å². The summed E-state index contributed by atoms with van der Waals surface area (Å²) in [6, 6.07) is 0.551. The molecule has 15 nitrogen and oxygen atoms in total. The number of rotatable bonds is 3. The van der Waals surface area contributed by atoms with Gasteiger partial charge in [0.15, 0.2) is 0 Å². The maximum Gasteiger partial charge on any atom is 1.00 e. The largest absolute Gasteiger partial charge is 1.00 e. The molecule has 0 aliphatic carbocycles. The molecular formula is C29H55BN4NaO11. The predicted octanol–water partition coefficient (Wildman–Crippen LogP) is -0.180. The standard InChI is InChI=1S/C11H22N2O2.C9H18N2O2.C4H6O4.C3H6O.C2H3BO2.Na/c1-5-12-9-6-7-13(8-9)10(14)15-11(2,3)4;1-9(2,3)13-8(12)11-5-4-7(10)6-11;1-3(5)7-8-4(2)6;1-2-3-4;1-2(4)5-3;/h9,12H,5-8H2,1-4H3;7H,4-6,10H2,1-3H3;1-2H3;3H,2H2,1H3;1H3;/q;;;;-1;+1/t9-;7-;;;;/m11..../s1. The SMILES string of the molecule is CC(=O)OOC(C)=O.CC(C)(C)OC(=O)N1CC[C@@H](N)C1.CCC=O.CCN[C@@H]1CCN(C(=O)OC(C)(C)C)C1.[B-]OC(C)=O.[Na+]. The molecule has 2 rings (SSSR count). The molecule has 2 saturated heterocycles. The molecule has 2 heterocycles. The van der Waals surface area contributed by atoms with Gasteiger partial charge in [0.05, 0.1) is 0 Å². The average molecular weight is 670 g/mol. The summed E-state index contributed by atoms with van der Waals surface area (Å²) in [5.74, 6) is -1.74. The number of carbonyl (C=O) groups excluding carboxylic acids is 6. The van der Waals surface area contributed by atoms with Gasteiger partial charge in [0.25, 0.3) is 0 Å². The van der Waals surface area contributed by atoms with E-state index in [1.54, 1.807) is 9.80 Å². The third-order valence-corrected chi connectivity index (χ3v) is 4.82. The van der Waals surface area contributed by atoms with E-state index in [-0.39, 0.29) is 47.8 Å². The first-order chi connectivity index (χ1) is 20.6. The Labute approximate surface area is 297 Å². The van der Waals surface area contributed by atoms with E-state index in [4.69, 9.17) is 15.2 Å². The first-order valence-corrected chi connectivity index (χ1v) is 14.7. The van der Waals surface area contributed by atoms with Crippen molar-refractivity contribution in [1.29, 1.82) is 0 Å². The molecule has 2 aliphatic rings. The Bertz CT molecular complexity index is 885. The van der Waals surface area contributed by atoms with Crippen molar-refractivity contribution in [3.63, 3.8) is 0 Å². The molecule has 3 N–H and O–H groups in total. The molecule has 0 aromatic carbocycles. The number of hydrogen-bond donors (Lipinski definition) is 2. The number of hydrogen-bond acceptors (Lipinski definition) is 13. The zero-order valence-electron chi connectivity index (χ0n) is 29.9. The zero-order valence-corrected chi connectivity index (χ0v) is 31.9. The van der Waals surface area contributed by atoms with Gasteiger partial charge in [-0.15, -0.1) is 0 Å². The van der Waals surface area contributed by atoms with Gasteiger partial charge in [0.1, 0.15) is 17.5 Å². The van der Waals surface area contributed by atoms with Crippen molar-refractivity contribution in [3.05, 3.63) is 0 Å². The molecule has 3 radical (unpaired) electrons. The van der Waals surface area contributed by atoms with E-state index < -0.39 is 29.1 Å². The van der Waals surface area contributed by atoms with Crippen LogP contribution in [0.3, 0.4) is 0 Å². The third kappa shape index (κ3) is 34.5. The minimum Gasteiger partial charge on any atom is -0.793 e. The van der Waals surface area contributed by atoms with Crippen LogP contribution >= 0.6 is 0 Å². The number of carbonyl (C=O) groups is 6. The van der Waals surface area contributed by atoms with Crippen molar-refractivity contribution in [2.24, 2.45) is 5.73 Å². The third-order valence-electron chi connectivity index (χ3n) is 4.82. The maximum absolute atomic E-state index is 11.7. The monoisotopic (exact) mass is 669 g/mol. The quantitative estimate of drug-likeness (QED) is 0.174. The second-order valence-electron chi connectivity index (χ2n) is 11.8. The Morgan fingerprint density at radius 2 is 1.17 bits per heavy atom. The normalized spacial score (nSPS) is 16.4. The van der Waals surface area contributed by atoms with Crippen LogP contribution in [0.4, 0.5) is 9.59 Å². The second kappa shape index (κ2) is 27.7. The smallest absolute Gasteiger partial charge is 0.793 e. The molecule has 0 unspecified atom stereocenters. The summed E-state index contributed by atoms with van der Waals surface area (Å²) in [5, 5.41) is 3.34. The summed E-state index contributed by atoms with van der Waals surface area (Å²) in [4.78, 5) is 72.5. The van der Waals surface area contributed by atoms with Gasteiger partial charge in [-0.3, -0.25) is 4.79 Å². The number of likely N-dealkylation sites (tertiary alicyclic amines) is 2. The summed E-state index contributed by atoms with van der Waals surface area (Å²) < 4.78 is 14.1. The molecule has 2 atom stereocenters. The Morgan fingerprint density at radius 3 is 1.43 bits per heavy atom. The van der Waals surface area contributed by atoms with Gasteiger partial charge >= 0.3 is 53.7 Å². The summed E-state index contributed by atoms with van der Waals surface area (Å²) in [6.07, 6.45) is 2.97. The van der Waals surface area contributed by atoms with E-state index in [1.807, 2.05) is 48.5 Å². The van der Waals surface area contributed by atoms with Crippen LogP contribution in [0, 0.1) is 0 Å². The molecule has 2 aliphatic heterocycles. The Morgan fingerprint density at radius 1 is 0.804 bits per heavy atom. The summed E-state index contributed by atoms with van der Waals surface area (Å²) in [7, 11) is 4.32. The van der Waals surface area contributed by atoms with E-state index in [9.17, 15) is 28.8 Å². The molecule has 0 bridgehead atoms. The number of nitrogens with zero attached hydrogens (tertiary/aromatic N) is 2. The van der Waals surface area contributed by atoms with E-state index in [1.165, 1.54) is 6.92 Å². The van der Waals surface area contributed by atoms with Gasteiger partial charge in [0, 0.05) is 65.5 Å². The molecule has 46 heavy (non-hydrogen) atoms. The van der Waals surface area contributed by atoms with Crippen molar-refractivity contribution >= 4 is 44.4 Å². The topological polar surface area (TPSA) is 193 Å². The fraction of sp³-hybridized carbons (Fsp3) is 0.793. The molecule has 0 spiro atoms. The Balaban J connectivity index is -0.000000259. The molecule has 17 heteroatoms. The number of nitrogens with two attached hydrogens (primary N) is 1. The molecule has 261 valence electrons. The number of aldehydes is 1. The summed E-state index contributed by atoms with van der Waals surface area (Å²) >= 11 is 0. The molecule has 0 aromatic heterocycles. The van der Waals surface area contributed by atoms with E-state index in [2.05, 4.69) is 34.7 Å². The van der Waals surface area contributed by atoms with Crippen LogP contribution in [0.2, 0.25) is 0 Å². The number of ether oxygens (including phenoxy) is 2. The summed E-state index contributed by atoms with van der Waals surface area (Å²) in [6.45, 7) is 22.5. The number of likely N-dealkylation sites (N-methyl/N-ethyl adjacent to an activating group) is 1. The van der Waals surface area contributed by atoms with Crippen molar-refractivity contribution in [2.45, 2.75) is 119 Å². The second-order valence-corrected chi connectivity index (χ2v) is 11.8. The van der Waals surface area contributed by atoms with Crippen LogP contribution in [0.1, 0.15) is 95.4 Å². The van der Waals surface area contributed by atoms with Crippen LogP contribution in [0.25, 0.3) is 0 Å². The molecule has 0 saturated carbocycles. The minimum absolute atomic E-state index is 0. The van der Waals surface area contributed by atoms with Gasteiger partial charge in [-0.2, -0.15) is 0 Å². The summed E-state index contributed by atoms with van der Waals surface area (Å²) in [5.41, 5.74) is 4.87. The van der Waals surface area contributed by atoms with E-state index in [0.29, 0.717) is 19.0 Å². The Hall–Kier alpha value is -2.40. The van der Waals surface area contributed by atoms with E-state index in [0.717, 1.165) is 59.2 Å². The first-order valence-electron chi connectivity index (χ1n) is 14.7. The van der Waals surface area contributed by atoms with Crippen molar-refractivity contribution in [2.75, 3.05) is 32.7 Å². The predicted molar refractivity (Wildman–Crippen MR) is 168 cm³/mol. The van der Waals surface area contributed by atoms with Crippen molar-refractivity contribution in [3.8, 4) is 0 Å². The van der Waals surface area contributed by atoms with Crippen LogP contribution in [-0.4, -0.2) is 110 Å². The van der Waals surface area contributed by atoms with Crippen LogP contribution < -0.4 is 40.6 Å². The van der Waals surface area contributed by atoms with Gasteiger partial charge in [-0.25, -0.2) is 29.0 Å².